The number of ether oxygens (including phenoxy) is 1. The van der Waals surface area contributed by atoms with E-state index >= 15 is 0 Å². The van der Waals surface area contributed by atoms with Gasteiger partial charge in [-0.05, 0) is 12.8 Å². The smallest absolute Gasteiger partial charge is 0.0569 e. The molecule has 0 atom stereocenters. The third-order valence-electron chi connectivity index (χ3n) is 5.69. The van der Waals surface area contributed by atoms with Crippen molar-refractivity contribution < 1.29 is 4.74 Å². The Labute approximate surface area is 139 Å². The summed E-state index contributed by atoms with van der Waals surface area (Å²) < 4.78 is 5.43. The van der Waals surface area contributed by atoms with E-state index in [-0.39, 0.29) is 0 Å². The molecule has 2 heterocycles. The fourth-order valence-electron chi connectivity index (χ4n) is 4.12. The molecule has 0 bridgehead atoms. The van der Waals surface area contributed by atoms with Gasteiger partial charge in [0.05, 0.1) is 13.2 Å². The lowest BCUT2D eigenvalue weighted by atomic mass is 9.76. The van der Waals surface area contributed by atoms with E-state index in [1.807, 2.05) is 0 Å². The largest absolute Gasteiger partial charge is 0.380 e. The van der Waals surface area contributed by atoms with E-state index in [0.29, 0.717) is 5.41 Å². The highest BCUT2D eigenvalue weighted by molar-refractivity contribution is 5.01. The molecule has 2 heteroatoms. The topological polar surface area (TPSA) is 12.5 Å². The molecule has 130 valence electrons. The summed E-state index contributed by atoms with van der Waals surface area (Å²) in [7, 11) is 0. The van der Waals surface area contributed by atoms with Crippen molar-refractivity contribution in [2.75, 3.05) is 26.3 Å². The third kappa shape index (κ3) is 5.53. The zero-order valence-corrected chi connectivity index (χ0v) is 15.2. The Balaban J connectivity index is 1.62. The zero-order chi connectivity index (χ0) is 15.7. The molecule has 0 aromatic rings. The van der Waals surface area contributed by atoms with E-state index in [4.69, 9.17) is 4.74 Å². The van der Waals surface area contributed by atoms with Gasteiger partial charge in [-0.25, -0.2) is 0 Å². The molecule has 2 aliphatic heterocycles. The van der Waals surface area contributed by atoms with Crippen LogP contribution in [0.1, 0.15) is 90.9 Å². The summed E-state index contributed by atoms with van der Waals surface area (Å²) in [5.74, 6) is 0. The second-order valence-corrected chi connectivity index (χ2v) is 7.96. The van der Waals surface area contributed by atoms with Crippen LogP contribution in [0.15, 0.2) is 0 Å². The predicted octanol–water partition coefficient (Wildman–Crippen LogP) is 5.41. The molecule has 1 spiro atoms. The van der Waals surface area contributed by atoms with Crippen LogP contribution < -0.4 is 0 Å². The second kappa shape index (κ2) is 9.93. The molecule has 0 aliphatic carbocycles. The first-order valence-electron chi connectivity index (χ1n) is 10.1. The van der Waals surface area contributed by atoms with Gasteiger partial charge in [-0.2, -0.15) is 0 Å². The van der Waals surface area contributed by atoms with Gasteiger partial charge in [-0.3, -0.25) is 4.90 Å². The first kappa shape index (κ1) is 18.3. The molecule has 0 N–H and O–H groups in total. The average Bonchev–Trinajstić information content (AvgIpc) is 2.43. The minimum absolute atomic E-state index is 0.586. The van der Waals surface area contributed by atoms with Crippen molar-refractivity contribution in [2.45, 2.75) is 96.9 Å². The lowest BCUT2D eigenvalue weighted by Crippen LogP contribution is -2.68. The maximum Gasteiger partial charge on any atom is 0.0569 e. The molecule has 22 heavy (non-hydrogen) atoms. The first-order valence-corrected chi connectivity index (χ1v) is 10.1. The maximum atomic E-state index is 5.43. The molecule has 0 aromatic heterocycles. The van der Waals surface area contributed by atoms with Crippen LogP contribution in [0.2, 0.25) is 0 Å². The SMILES string of the molecule is CCCCCCCC(CCCCCCC)N1CC2(COC2)C1. The number of hydrogen-bond acceptors (Lipinski definition) is 2. The van der Waals surface area contributed by atoms with Crippen molar-refractivity contribution >= 4 is 0 Å². The van der Waals surface area contributed by atoms with Crippen LogP contribution in [-0.4, -0.2) is 37.2 Å². The summed E-state index contributed by atoms with van der Waals surface area (Å²) in [6, 6.07) is 0.870. The van der Waals surface area contributed by atoms with Crippen molar-refractivity contribution in [1.82, 2.24) is 4.90 Å². The van der Waals surface area contributed by atoms with E-state index in [9.17, 15) is 0 Å². The Hall–Kier alpha value is -0.0800. The van der Waals surface area contributed by atoms with Crippen LogP contribution >= 0.6 is 0 Å². The van der Waals surface area contributed by atoms with Gasteiger partial charge < -0.3 is 4.74 Å². The van der Waals surface area contributed by atoms with Gasteiger partial charge in [0.25, 0.3) is 0 Å². The Bertz CT molecular complexity index is 265. The Kier molecular flexibility index (Phi) is 8.24. The third-order valence-corrected chi connectivity index (χ3v) is 5.69. The van der Waals surface area contributed by atoms with Gasteiger partial charge in [0.15, 0.2) is 0 Å². The molecule has 0 unspecified atom stereocenters. The van der Waals surface area contributed by atoms with Gasteiger partial charge in [0.1, 0.15) is 0 Å². The number of unbranched alkanes of at least 4 members (excludes halogenated alkanes) is 8. The Morgan fingerprint density at radius 2 is 1.27 bits per heavy atom. The number of rotatable bonds is 13. The van der Waals surface area contributed by atoms with E-state index in [0.717, 1.165) is 19.3 Å². The molecule has 2 nitrogen and oxygen atoms in total. The van der Waals surface area contributed by atoms with Crippen LogP contribution in [0.5, 0.6) is 0 Å². The summed E-state index contributed by atoms with van der Waals surface area (Å²) in [5.41, 5.74) is 0.586. The van der Waals surface area contributed by atoms with Crippen LogP contribution in [-0.2, 0) is 4.74 Å². The van der Waals surface area contributed by atoms with E-state index in [2.05, 4.69) is 18.7 Å². The summed E-state index contributed by atoms with van der Waals surface area (Å²) in [6.07, 6.45) is 17.1. The summed E-state index contributed by atoms with van der Waals surface area (Å²) in [6.45, 7) is 9.31. The molecule has 0 radical (unpaired) electrons. The lowest BCUT2D eigenvalue weighted by molar-refractivity contribution is -0.199. The van der Waals surface area contributed by atoms with Gasteiger partial charge in [0.2, 0.25) is 0 Å². The van der Waals surface area contributed by atoms with Crippen molar-refractivity contribution in [3.05, 3.63) is 0 Å². The van der Waals surface area contributed by atoms with Crippen molar-refractivity contribution in [1.29, 1.82) is 0 Å². The van der Waals surface area contributed by atoms with Gasteiger partial charge in [-0.1, -0.05) is 78.1 Å². The van der Waals surface area contributed by atoms with E-state index in [1.165, 1.54) is 90.1 Å². The number of hydrogen-bond donors (Lipinski definition) is 0. The quantitative estimate of drug-likeness (QED) is 0.422. The Morgan fingerprint density at radius 1 is 0.773 bits per heavy atom. The minimum Gasteiger partial charge on any atom is -0.380 e. The van der Waals surface area contributed by atoms with Crippen LogP contribution in [0.3, 0.4) is 0 Å². The summed E-state index contributed by atoms with van der Waals surface area (Å²) in [5, 5.41) is 0. The minimum atomic E-state index is 0.586. The standard InChI is InChI=1S/C20H39NO/c1-3-5-7-9-11-13-19(14-12-10-8-6-4-2)21-15-20(16-21)17-22-18-20/h19H,3-18H2,1-2H3. The van der Waals surface area contributed by atoms with Gasteiger partial charge >= 0.3 is 0 Å². The van der Waals surface area contributed by atoms with Gasteiger partial charge in [-0.15, -0.1) is 0 Å². The number of likely N-dealkylation sites (tertiary alicyclic amines) is 1. The highest BCUT2D eigenvalue weighted by Crippen LogP contribution is 2.40. The van der Waals surface area contributed by atoms with Crippen LogP contribution in [0, 0.1) is 5.41 Å². The molecule has 2 fully saturated rings. The Morgan fingerprint density at radius 3 is 1.68 bits per heavy atom. The van der Waals surface area contributed by atoms with Crippen molar-refractivity contribution in [2.24, 2.45) is 5.41 Å². The second-order valence-electron chi connectivity index (χ2n) is 7.96. The van der Waals surface area contributed by atoms with Crippen LogP contribution in [0.4, 0.5) is 0 Å². The van der Waals surface area contributed by atoms with Crippen molar-refractivity contribution in [3.8, 4) is 0 Å². The molecule has 2 rings (SSSR count). The molecule has 2 saturated heterocycles. The lowest BCUT2D eigenvalue weighted by Gasteiger charge is -2.57. The molecular formula is C20H39NO. The normalized spacial score (nSPS) is 20.3. The number of nitrogens with zero attached hydrogens (tertiary/aromatic N) is 1. The van der Waals surface area contributed by atoms with E-state index in [1.54, 1.807) is 0 Å². The first-order chi connectivity index (χ1) is 10.8. The average molecular weight is 310 g/mol. The van der Waals surface area contributed by atoms with Crippen molar-refractivity contribution in [3.63, 3.8) is 0 Å². The monoisotopic (exact) mass is 309 g/mol. The highest BCUT2D eigenvalue weighted by Gasteiger charge is 2.50. The van der Waals surface area contributed by atoms with E-state index < -0.39 is 0 Å². The zero-order valence-electron chi connectivity index (χ0n) is 15.2. The molecule has 2 aliphatic rings. The predicted molar refractivity (Wildman–Crippen MR) is 95.4 cm³/mol. The summed E-state index contributed by atoms with van der Waals surface area (Å²) in [4.78, 5) is 2.78. The fourth-order valence-corrected chi connectivity index (χ4v) is 4.12. The van der Waals surface area contributed by atoms with Gasteiger partial charge in [0, 0.05) is 24.5 Å². The summed E-state index contributed by atoms with van der Waals surface area (Å²) >= 11 is 0. The fraction of sp³-hybridized carbons (Fsp3) is 1.00. The van der Waals surface area contributed by atoms with Crippen LogP contribution in [0.25, 0.3) is 0 Å². The maximum absolute atomic E-state index is 5.43. The highest BCUT2D eigenvalue weighted by atomic mass is 16.5. The molecular weight excluding hydrogens is 270 g/mol. The molecule has 0 amide bonds. The molecule has 0 aromatic carbocycles. The molecule has 0 saturated carbocycles.